The molecule has 1 atom stereocenters. The number of halogens is 4. The Balaban J connectivity index is 1.73. The first kappa shape index (κ1) is 21.6. The molecule has 2 N–H and O–H groups in total. The van der Waals surface area contributed by atoms with E-state index in [2.05, 4.69) is 10.6 Å². The third-order valence-electron chi connectivity index (χ3n) is 4.84. The van der Waals surface area contributed by atoms with Crippen molar-refractivity contribution in [3.63, 3.8) is 0 Å². The number of anilines is 1. The van der Waals surface area contributed by atoms with Crippen LogP contribution in [-0.4, -0.2) is 29.3 Å². The molecule has 1 saturated heterocycles. The number of hydrogen-bond acceptors (Lipinski definition) is 3. The highest BCUT2D eigenvalue weighted by molar-refractivity contribution is 6.30. The summed E-state index contributed by atoms with van der Waals surface area (Å²) in [7, 11) is 0. The van der Waals surface area contributed by atoms with E-state index in [1.807, 2.05) is 0 Å². The summed E-state index contributed by atoms with van der Waals surface area (Å²) in [6, 6.07) is 9.53. The lowest BCUT2D eigenvalue weighted by Crippen LogP contribution is -2.44. The van der Waals surface area contributed by atoms with Crippen LogP contribution in [-0.2, 0) is 21.3 Å². The molecule has 158 valence electrons. The molecule has 10 heteroatoms. The second-order valence-corrected chi connectivity index (χ2v) is 7.15. The van der Waals surface area contributed by atoms with Crippen molar-refractivity contribution in [1.29, 1.82) is 0 Å². The van der Waals surface area contributed by atoms with Crippen molar-refractivity contribution in [2.45, 2.75) is 25.1 Å². The maximum Gasteiger partial charge on any atom is 0.416 e. The quantitative estimate of drug-likeness (QED) is 0.687. The lowest BCUT2D eigenvalue weighted by atomic mass is 9.87. The minimum absolute atomic E-state index is 0.111. The van der Waals surface area contributed by atoms with E-state index in [9.17, 15) is 27.6 Å². The number of urea groups is 1. The van der Waals surface area contributed by atoms with Gasteiger partial charge in [0.05, 0.1) is 5.56 Å². The van der Waals surface area contributed by atoms with Crippen LogP contribution in [0.1, 0.15) is 24.5 Å². The summed E-state index contributed by atoms with van der Waals surface area (Å²) in [6.45, 7) is 1.14. The van der Waals surface area contributed by atoms with Crippen LogP contribution >= 0.6 is 11.6 Å². The highest BCUT2D eigenvalue weighted by atomic mass is 35.5. The number of carbonyl (C=O) groups is 3. The summed E-state index contributed by atoms with van der Waals surface area (Å²) in [5, 5.41) is 5.49. The monoisotopic (exact) mass is 439 g/mol. The zero-order chi connectivity index (χ0) is 22.1. The third-order valence-corrected chi connectivity index (χ3v) is 5.09. The largest absolute Gasteiger partial charge is 0.416 e. The topological polar surface area (TPSA) is 78.5 Å². The SMILES string of the molecule is CCC1(c2ccc(Cl)cc2)NC(=O)N(CC(=O)Nc2ccc(C(F)(F)F)cc2)C1=O. The van der Waals surface area contributed by atoms with Gasteiger partial charge in [-0.1, -0.05) is 30.7 Å². The van der Waals surface area contributed by atoms with Crippen LogP contribution in [0.3, 0.4) is 0 Å². The highest BCUT2D eigenvalue weighted by Crippen LogP contribution is 2.33. The van der Waals surface area contributed by atoms with E-state index in [0.717, 1.165) is 29.2 Å². The highest BCUT2D eigenvalue weighted by Gasteiger charge is 2.51. The maximum absolute atomic E-state index is 13.0. The van der Waals surface area contributed by atoms with Gasteiger partial charge in [0.25, 0.3) is 5.91 Å². The van der Waals surface area contributed by atoms with Crippen molar-refractivity contribution in [2.24, 2.45) is 0 Å². The fraction of sp³-hybridized carbons (Fsp3) is 0.250. The Kier molecular flexibility index (Phi) is 5.76. The number of amides is 4. The number of rotatable bonds is 5. The van der Waals surface area contributed by atoms with Crippen LogP contribution in [0, 0.1) is 0 Å². The Bertz CT molecular complexity index is 978. The number of benzene rings is 2. The molecule has 30 heavy (non-hydrogen) atoms. The molecule has 0 aliphatic carbocycles. The molecule has 0 spiro atoms. The Labute approximate surface area is 175 Å². The van der Waals surface area contributed by atoms with Gasteiger partial charge in [-0.25, -0.2) is 4.79 Å². The molecular weight excluding hydrogens is 423 g/mol. The molecule has 1 aliphatic rings. The van der Waals surface area contributed by atoms with E-state index in [1.165, 1.54) is 0 Å². The molecule has 3 rings (SSSR count). The first-order valence-corrected chi connectivity index (χ1v) is 9.32. The standard InChI is InChI=1S/C20H17ClF3N3O3/c1-2-19(12-3-7-14(21)8-4-12)17(29)27(18(30)26-19)11-16(28)25-15-9-5-13(6-10-15)20(22,23)24/h3-10H,2,11H2,1H3,(H,25,28)(H,26,30). The molecule has 0 bridgehead atoms. The van der Waals surface area contributed by atoms with E-state index in [-0.39, 0.29) is 12.1 Å². The Morgan fingerprint density at radius 3 is 2.23 bits per heavy atom. The first-order valence-electron chi connectivity index (χ1n) is 8.94. The lowest BCUT2D eigenvalue weighted by molar-refractivity contribution is -0.137. The molecule has 2 aromatic carbocycles. The molecule has 1 unspecified atom stereocenters. The van der Waals surface area contributed by atoms with Gasteiger partial charge in [0, 0.05) is 10.7 Å². The van der Waals surface area contributed by atoms with Crippen molar-refractivity contribution < 1.29 is 27.6 Å². The molecule has 0 aromatic heterocycles. The number of hydrogen-bond donors (Lipinski definition) is 2. The Hall–Kier alpha value is -3.07. The minimum Gasteiger partial charge on any atom is -0.325 e. The molecule has 2 aromatic rings. The summed E-state index contributed by atoms with van der Waals surface area (Å²) >= 11 is 5.88. The van der Waals surface area contributed by atoms with Crippen molar-refractivity contribution >= 4 is 35.1 Å². The summed E-state index contributed by atoms with van der Waals surface area (Å²) in [5.74, 6) is -1.32. The van der Waals surface area contributed by atoms with Crippen LogP contribution in [0.25, 0.3) is 0 Å². The number of imide groups is 1. The van der Waals surface area contributed by atoms with Gasteiger partial charge in [0.15, 0.2) is 0 Å². The molecule has 1 aliphatic heterocycles. The normalized spacial score (nSPS) is 19.0. The van der Waals surface area contributed by atoms with Crippen molar-refractivity contribution in [3.05, 3.63) is 64.7 Å². The van der Waals surface area contributed by atoms with Gasteiger partial charge in [0.2, 0.25) is 5.91 Å². The van der Waals surface area contributed by atoms with Gasteiger partial charge < -0.3 is 10.6 Å². The van der Waals surface area contributed by atoms with Gasteiger partial charge in [0.1, 0.15) is 12.1 Å². The van der Waals surface area contributed by atoms with Gasteiger partial charge in [-0.3, -0.25) is 14.5 Å². The zero-order valence-electron chi connectivity index (χ0n) is 15.7. The van der Waals surface area contributed by atoms with Crippen LogP contribution in [0.4, 0.5) is 23.7 Å². The van der Waals surface area contributed by atoms with Crippen LogP contribution in [0.2, 0.25) is 5.02 Å². The fourth-order valence-corrected chi connectivity index (χ4v) is 3.36. The van der Waals surface area contributed by atoms with E-state index < -0.39 is 41.7 Å². The minimum atomic E-state index is -4.49. The summed E-state index contributed by atoms with van der Waals surface area (Å²) in [6.07, 6.45) is -4.25. The third kappa shape index (κ3) is 4.11. The number of carbonyl (C=O) groups excluding carboxylic acids is 3. The van der Waals surface area contributed by atoms with E-state index >= 15 is 0 Å². The molecule has 4 amide bonds. The zero-order valence-corrected chi connectivity index (χ0v) is 16.5. The lowest BCUT2D eigenvalue weighted by Gasteiger charge is -2.25. The maximum atomic E-state index is 13.0. The number of nitrogens with zero attached hydrogens (tertiary/aromatic N) is 1. The molecular formula is C20H17ClF3N3O3. The second kappa shape index (κ2) is 7.98. The predicted molar refractivity (Wildman–Crippen MR) is 104 cm³/mol. The van der Waals surface area contributed by atoms with Crippen molar-refractivity contribution in [1.82, 2.24) is 10.2 Å². The summed E-state index contributed by atoms with van der Waals surface area (Å²) in [4.78, 5) is 38.5. The van der Waals surface area contributed by atoms with E-state index in [1.54, 1.807) is 31.2 Å². The number of nitrogens with one attached hydrogen (secondary N) is 2. The molecule has 6 nitrogen and oxygen atoms in total. The van der Waals surface area contributed by atoms with Gasteiger partial charge >= 0.3 is 12.2 Å². The Morgan fingerprint density at radius 1 is 1.10 bits per heavy atom. The van der Waals surface area contributed by atoms with Crippen molar-refractivity contribution in [3.8, 4) is 0 Å². The smallest absolute Gasteiger partial charge is 0.325 e. The van der Waals surface area contributed by atoms with E-state index in [4.69, 9.17) is 11.6 Å². The summed E-state index contributed by atoms with van der Waals surface area (Å²) < 4.78 is 37.9. The second-order valence-electron chi connectivity index (χ2n) is 6.71. The molecule has 1 heterocycles. The Morgan fingerprint density at radius 2 is 1.70 bits per heavy atom. The molecule has 0 saturated carbocycles. The van der Waals surface area contributed by atoms with E-state index in [0.29, 0.717) is 10.6 Å². The number of alkyl halides is 3. The predicted octanol–water partition coefficient (Wildman–Crippen LogP) is 4.15. The fourth-order valence-electron chi connectivity index (χ4n) is 3.23. The van der Waals surface area contributed by atoms with Crippen molar-refractivity contribution in [2.75, 3.05) is 11.9 Å². The average Bonchev–Trinajstić information content (AvgIpc) is 2.93. The van der Waals surface area contributed by atoms with Gasteiger partial charge in [-0.2, -0.15) is 13.2 Å². The molecule has 0 radical (unpaired) electrons. The van der Waals surface area contributed by atoms with Crippen LogP contribution < -0.4 is 10.6 Å². The molecule has 1 fully saturated rings. The van der Waals surface area contributed by atoms with Gasteiger partial charge in [-0.15, -0.1) is 0 Å². The van der Waals surface area contributed by atoms with Crippen LogP contribution in [0.5, 0.6) is 0 Å². The van der Waals surface area contributed by atoms with Gasteiger partial charge in [-0.05, 0) is 48.4 Å². The summed E-state index contributed by atoms with van der Waals surface area (Å²) in [5.41, 5.74) is -1.54. The van der Waals surface area contributed by atoms with Crippen LogP contribution in [0.15, 0.2) is 48.5 Å². The first-order chi connectivity index (χ1) is 14.1. The average molecular weight is 440 g/mol.